The minimum atomic E-state index is -0.199. The first kappa shape index (κ1) is 15.2. The minimum Gasteiger partial charge on any atom is -0.320 e. The van der Waals surface area contributed by atoms with Gasteiger partial charge >= 0.3 is 0 Å². The summed E-state index contributed by atoms with van der Waals surface area (Å²) in [5, 5.41) is 0. The van der Waals surface area contributed by atoms with Crippen LogP contribution < -0.4 is 5.73 Å². The number of halogens is 1. The van der Waals surface area contributed by atoms with Crippen LogP contribution >= 0.6 is 0 Å². The maximum absolute atomic E-state index is 13.2. The van der Waals surface area contributed by atoms with E-state index >= 15 is 0 Å². The van der Waals surface area contributed by atoms with Crippen LogP contribution in [0.2, 0.25) is 0 Å². The Morgan fingerprint density at radius 2 is 1.90 bits per heavy atom. The van der Waals surface area contributed by atoms with E-state index in [1.54, 1.807) is 12.1 Å². The number of hydrogen-bond acceptors (Lipinski definition) is 2. The van der Waals surface area contributed by atoms with Gasteiger partial charge < -0.3 is 5.73 Å². The minimum absolute atomic E-state index is 0.199. The molecule has 2 rings (SSSR count). The van der Waals surface area contributed by atoms with Crippen molar-refractivity contribution in [2.75, 3.05) is 13.6 Å². The molecule has 21 heavy (non-hydrogen) atoms. The highest BCUT2D eigenvalue weighted by Crippen LogP contribution is 2.13. The average Bonchev–Trinajstić information content (AvgIpc) is 2.46. The zero-order valence-electron chi connectivity index (χ0n) is 12.1. The van der Waals surface area contributed by atoms with Crippen molar-refractivity contribution in [3.63, 3.8) is 0 Å². The van der Waals surface area contributed by atoms with E-state index in [2.05, 4.69) is 22.8 Å². The highest BCUT2D eigenvalue weighted by Gasteiger charge is 2.05. The Kier molecular flexibility index (Phi) is 5.51. The Morgan fingerprint density at radius 1 is 1.10 bits per heavy atom. The Hall–Kier alpha value is -2.15. The van der Waals surface area contributed by atoms with Gasteiger partial charge in [-0.2, -0.15) is 0 Å². The van der Waals surface area contributed by atoms with Gasteiger partial charge in [-0.15, -0.1) is 0 Å². The molecule has 108 valence electrons. The van der Waals surface area contributed by atoms with Gasteiger partial charge in [-0.05, 0) is 36.4 Å². The van der Waals surface area contributed by atoms with Gasteiger partial charge in [-0.1, -0.05) is 42.2 Å². The summed E-state index contributed by atoms with van der Waals surface area (Å²) in [4.78, 5) is 2.14. The van der Waals surface area contributed by atoms with Crippen LogP contribution in [0.5, 0.6) is 0 Å². The molecule has 2 N–H and O–H groups in total. The molecule has 0 saturated carbocycles. The molecular weight excluding hydrogens is 263 g/mol. The molecule has 0 amide bonds. The van der Waals surface area contributed by atoms with Crippen molar-refractivity contribution in [3.05, 3.63) is 71.0 Å². The zero-order chi connectivity index (χ0) is 15.1. The number of benzene rings is 2. The highest BCUT2D eigenvalue weighted by molar-refractivity contribution is 5.41. The summed E-state index contributed by atoms with van der Waals surface area (Å²) in [6.45, 7) is 1.80. The van der Waals surface area contributed by atoms with E-state index in [9.17, 15) is 4.39 Å². The summed E-state index contributed by atoms with van der Waals surface area (Å²) in [6, 6.07) is 14.7. The van der Waals surface area contributed by atoms with Gasteiger partial charge in [0.05, 0.1) is 6.54 Å². The summed E-state index contributed by atoms with van der Waals surface area (Å²) >= 11 is 0. The van der Waals surface area contributed by atoms with Gasteiger partial charge in [0, 0.05) is 18.7 Å². The van der Waals surface area contributed by atoms with Crippen LogP contribution in [0.3, 0.4) is 0 Å². The molecule has 2 aromatic rings. The third-order valence-electron chi connectivity index (χ3n) is 3.12. The van der Waals surface area contributed by atoms with Gasteiger partial charge in [-0.3, -0.25) is 4.90 Å². The molecule has 0 saturated heterocycles. The molecule has 0 heterocycles. The highest BCUT2D eigenvalue weighted by atomic mass is 19.1. The first-order valence-corrected chi connectivity index (χ1v) is 6.89. The van der Waals surface area contributed by atoms with Crippen LogP contribution in [0.25, 0.3) is 0 Å². The smallest absolute Gasteiger partial charge is 0.123 e. The summed E-state index contributed by atoms with van der Waals surface area (Å²) in [7, 11) is 2.01. The Labute approximate surface area is 125 Å². The van der Waals surface area contributed by atoms with Crippen LogP contribution in [-0.2, 0) is 13.1 Å². The largest absolute Gasteiger partial charge is 0.320 e. The van der Waals surface area contributed by atoms with Crippen molar-refractivity contribution >= 4 is 0 Å². The average molecular weight is 282 g/mol. The topological polar surface area (TPSA) is 29.3 Å². The molecule has 0 radical (unpaired) electrons. The fraction of sp³-hybridized carbons (Fsp3) is 0.222. The molecule has 0 unspecified atom stereocenters. The van der Waals surface area contributed by atoms with Crippen molar-refractivity contribution in [1.29, 1.82) is 0 Å². The van der Waals surface area contributed by atoms with E-state index in [0.717, 1.165) is 23.2 Å². The van der Waals surface area contributed by atoms with Gasteiger partial charge in [0.2, 0.25) is 0 Å². The lowest BCUT2D eigenvalue weighted by Gasteiger charge is -2.17. The quantitative estimate of drug-likeness (QED) is 0.874. The van der Waals surface area contributed by atoms with E-state index in [4.69, 9.17) is 5.73 Å². The maximum Gasteiger partial charge on any atom is 0.123 e. The van der Waals surface area contributed by atoms with E-state index in [0.29, 0.717) is 13.1 Å². The number of hydrogen-bond donors (Lipinski definition) is 1. The van der Waals surface area contributed by atoms with Gasteiger partial charge in [0.15, 0.2) is 0 Å². The molecular formula is C18H19FN2. The molecule has 0 aliphatic rings. The molecule has 0 atom stereocenters. The monoisotopic (exact) mass is 282 g/mol. The summed E-state index contributed by atoms with van der Waals surface area (Å²) in [6.07, 6.45) is 0. The van der Waals surface area contributed by atoms with Crippen LogP contribution in [0.15, 0.2) is 48.5 Å². The van der Waals surface area contributed by atoms with Crippen molar-refractivity contribution in [3.8, 4) is 11.8 Å². The van der Waals surface area contributed by atoms with E-state index in [1.807, 2.05) is 31.3 Å². The summed E-state index contributed by atoms with van der Waals surface area (Å²) < 4.78 is 13.2. The lowest BCUT2D eigenvalue weighted by molar-refractivity contribution is 0.318. The van der Waals surface area contributed by atoms with Crippen LogP contribution in [-0.4, -0.2) is 18.5 Å². The van der Waals surface area contributed by atoms with Crippen LogP contribution in [0.4, 0.5) is 4.39 Å². The predicted octanol–water partition coefficient (Wildman–Crippen LogP) is 2.77. The maximum atomic E-state index is 13.2. The van der Waals surface area contributed by atoms with Crippen molar-refractivity contribution < 1.29 is 4.39 Å². The third kappa shape index (κ3) is 4.71. The van der Waals surface area contributed by atoms with Gasteiger partial charge in [0.25, 0.3) is 0 Å². The Morgan fingerprint density at radius 3 is 2.67 bits per heavy atom. The van der Waals surface area contributed by atoms with Crippen molar-refractivity contribution in [2.24, 2.45) is 5.73 Å². The lowest BCUT2D eigenvalue weighted by atomic mass is 10.1. The second-order valence-electron chi connectivity index (χ2n) is 4.97. The Bertz CT molecular complexity index is 656. The number of nitrogens with two attached hydrogens (primary N) is 1. The number of rotatable bonds is 4. The molecule has 3 heteroatoms. The molecule has 0 fully saturated rings. The molecule has 0 bridgehead atoms. The van der Waals surface area contributed by atoms with Crippen molar-refractivity contribution in [1.82, 2.24) is 4.90 Å². The first-order chi connectivity index (χ1) is 10.2. The standard InChI is InChI=1S/C18H19FN2/c1-21(13-15-6-4-10-18(19)12-15)14-17-8-3-2-7-16(17)9-5-11-20/h2-4,6-8,10,12H,11,13-14,20H2,1H3. The lowest BCUT2D eigenvalue weighted by Crippen LogP contribution is -2.18. The fourth-order valence-corrected chi connectivity index (χ4v) is 2.22. The normalized spacial score (nSPS) is 10.3. The summed E-state index contributed by atoms with van der Waals surface area (Å²) in [5.74, 6) is 5.78. The molecule has 0 aliphatic heterocycles. The van der Waals surface area contributed by atoms with E-state index in [-0.39, 0.29) is 5.82 Å². The van der Waals surface area contributed by atoms with Crippen LogP contribution in [0, 0.1) is 17.7 Å². The van der Waals surface area contributed by atoms with Gasteiger partial charge in [0.1, 0.15) is 5.82 Å². The van der Waals surface area contributed by atoms with Crippen LogP contribution in [0.1, 0.15) is 16.7 Å². The molecule has 0 aliphatic carbocycles. The molecule has 0 aromatic heterocycles. The number of nitrogens with zero attached hydrogens (tertiary/aromatic N) is 1. The molecule has 0 spiro atoms. The first-order valence-electron chi connectivity index (χ1n) is 6.89. The second kappa shape index (κ2) is 7.58. The summed E-state index contributed by atoms with van der Waals surface area (Å²) in [5.41, 5.74) is 8.53. The van der Waals surface area contributed by atoms with E-state index < -0.39 is 0 Å². The SMILES string of the molecule is CN(Cc1cccc(F)c1)Cc1ccccc1C#CCN. The molecule has 2 nitrogen and oxygen atoms in total. The van der Waals surface area contributed by atoms with Crippen molar-refractivity contribution in [2.45, 2.75) is 13.1 Å². The zero-order valence-corrected chi connectivity index (χ0v) is 12.1. The Balaban J connectivity index is 2.07. The third-order valence-corrected chi connectivity index (χ3v) is 3.12. The predicted molar refractivity (Wildman–Crippen MR) is 83.9 cm³/mol. The fourth-order valence-electron chi connectivity index (χ4n) is 2.22. The molecule has 2 aromatic carbocycles. The second-order valence-corrected chi connectivity index (χ2v) is 4.97. The van der Waals surface area contributed by atoms with E-state index in [1.165, 1.54) is 6.07 Å². The van der Waals surface area contributed by atoms with Gasteiger partial charge in [-0.25, -0.2) is 4.39 Å².